The molecular formula is C16H27N. The quantitative estimate of drug-likeness (QED) is 0.699. The van der Waals surface area contributed by atoms with Gasteiger partial charge in [-0.2, -0.15) is 0 Å². The van der Waals surface area contributed by atoms with Gasteiger partial charge in [0.1, 0.15) is 0 Å². The summed E-state index contributed by atoms with van der Waals surface area (Å²) < 4.78 is 0. The van der Waals surface area contributed by atoms with Gasteiger partial charge in [0.2, 0.25) is 0 Å². The first-order chi connectivity index (χ1) is 7.50. The van der Waals surface area contributed by atoms with Gasteiger partial charge in [-0.1, -0.05) is 26.3 Å². The topological polar surface area (TPSA) is 12.0 Å². The number of rotatable bonds is 1. The van der Waals surface area contributed by atoms with Gasteiger partial charge in [-0.25, -0.2) is 0 Å². The van der Waals surface area contributed by atoms with Crippen molar-refractivity contribution in [3.05, 3.63) is 34.6 Å². The minimum absolute atomic E-state index is 0.104. The van der Waals surface area contributed by atoms with E-state index in [4.69, 9.17) is 0 Å². The molecule has 1 nitrogen and oxygen atoms in total. The zero-order valence-electron chi connectivity index (χ0n) is 12.7. The van der Waals surface area contributed by atoms with E-state index in [1.54, 1.807) is 0 Å². The SMILES string of the molecule is CC(C)=C1C=C(NC(C)(C)C)C(C(C)(C)C)=C1. The molecule has 96 valence electrons. The Labute approximate surface area is 107 Å². The van der Waals surface area contributed by atoms with Crippen LogP contribution < -0.4 is 5.32 Å². The molecule has 0 amide bonds. The van der Waals surface area contributed by atoms with E-state index in [0.717, 1.165) is 0 Å². The van der Waals surface area contributed by atoms with Crippen molar-refractivity contribution >= 4 is 0 Å². The van der Waals surface area contributed by atoms with Gasteiger partial charge >= 0.3 is 0 Å². The molecule has 0 saturated carbocycles. The highest BCUT2D eigenvalue weighted by Crippen LogP contribution is 2.37. The van der Waals surface area contributed by atoms with Crippen LogP contribution in [0.25, 0.3) is 0 Å². The lowest BCUT2D eigenvalue weighted by molar-refractivity contribution is 0.447. The van der Waals surface area contributed by atoms with Crippen LogP contribution in [-0.4, -0.2) is 5.54 Å². The first kappa shape index (κ1) is 14.1. The maximum atomic E-state index is 3.62. The molecule has 0 aliphatic heterocycles. The van der Waals surface area contributed by atoms with Gasteiger partial charge in [-0.3, -0.25) is 0 Å². The Morgan fingerprint density at radius 3 is 1.82 bits per heavy atom. The van der Waals surface area contributed by atoms with E-state index < -0.39 is 0 Å². The Kier molecular flexibility index (Phi) is 3.61. The minimum atomic E-state index is 0.104. The van der Waals surface area contributed by atoms with E-state index in [1.807, 2.05) is 0 Å². The fraction of sp³-hybridized carbons (Fsp3) is 0.625. The van der Waals surface area contributed by atoms with E-state index >= 15 is 0 Å². The highest BCUT2D eigenvalue weighted by atomic mass is 15.0. The van der Waals surface area contributed by atoms with Crippen LogP contribution in [0.2, 0.25) is 0 Å². The number of allylic oxidation sites excluding steroid dienone is 5. The summed E-state index contributed by atoms with van der Waals surface area (Å²) in [6, 6.07) is 0. The number of hydrogen-bond donors (Lipinski definition) is 1. The third-order valence-corrected chi connectivity index (χ3v) is 2.78. The number of nitrogens with one attached hydrogen (secondary N) is 1. The predicted molar refractivity (Wildman–Crippen MR) is 76.9 cm³/mol. The first-order valence-electron chi connectivity index (χ1n) is 6.40. The molecule has 17 heavy (non-hydrogen) atoms. The second-order valence-electron chi connectivity index (χ2n) is 7.20. The van der Waals surface area contributed by atoms with Crippen LogP contribution in [0.4, 0.5) is 0 Å². The Balaban J connectivity index is 3.15. The lowest BCUT2D eigenvalue weighted by Crippen LogP contribution is -2.36. The summed E-state index contributed by atoms with van der Waals surface area (Å²) in [4.78, 5) is 0. The molecule has 0 radical (unpaired) electrons. The van der Waals surface area contributed by atoms with E-state index in [9.17, 15) is 0 Å². The Hall–Kier alpha value is -0.980. The summed E-state index contributed by atoms with van der Waals surface area (Å²) in [7, 11) is 0. The molecule has 1 aliphatic rings. The molecule has 1 N–H and O–H groups in total. The van der Waals surface area contributed by atoms with Crippen molar-refractivity contribution in [1.29, 1.82) is 0 Å². The van der Waals surface area contributed by atoms with Gasteiger partial charge in [0.15, 0.2) is 0 Å². The third-order valence-electron chi connectivity index (χ3n) is 2.78. The Morgan fingerprint density at radius 1 is 0.941 bits per heavy atom. The molecule has 0 spiro atoms. The standard InChI is InChI=1S/C16H27N/c1-11(2)12-9-13(15(3,4)5)14(10-12)17-16(6,7)8/h9-10,17H,1-8H3. The Morgan fingerprint density at radius 2 is 1.47 bits per heavy atom. The molecule has 0 atom stereocenters. The van der Waals surface area contributed by atoms with Gasteiger partial charge < -0.3 is 5.32 Å². The van der Waals surface area contributed by atoms with Crippen LogP contribution in [0, 0.1) is 5.41 Å². The van der Waals surface area contributed by atoms with Gasteiger partial charge in [0, 0.05) is 11.2 Å². The van der Waals surface area contributed by atoms with Crippen molar-refractivity contribution in [3.63, 3.8) is 0 Å². The second-order valence-corrected chi connectivity index (χ2v) is 7.20. The maximum absolute atomic E-state index is 3.62. The summed E-state index contributed by atoms with van der Waals surface area (Å²) in [5.74, 6) is 0. The third kappa shape index (κ3) is 3.76. The summed E-state index contributed by atoms with van der Waals surface area (Å²) in [6.07, 6.45) is 4.60. The van der Waals surface area contributed by atoms with Crippen LogP contribution in [0.15, 0.2) is 34.6 Å². The average Bonchev–Trinajstić information content (AvgIpc) is 2.43. The van der Waals surface area contributed by atoms with Gasteiger partial charge in [-0.05, 0) is 63.3 Å². The van der Waals surface area contributed by atoms with E-state index in [2.05, 4.69) is 72.9 Å². The molecule has 1 heteroatoms. The van der Waals surface area contributed by atoms with Crippen LogP contribution in [0.5, 0.6) is 0 Å². The zero-order chi connectivity index (χ0) is 13.4. The molecule has 0 saturated heterocycles. The van der Waals surface area contributed by atoms with Crippen molar-refractivity contribution in [2.75, 3.05) is 0 Å². The number of hydrogen-bond acceptors (Lipinski definition) is 1. The van der Waals surface area contributed by atoms with Crippen LogP contribution in [0.1, 0.15) is 55.4 Å². The molecule has 0 bridgehead atoms. The van der Waals surface area contributed by atoms with Crippen molar-refractivity contribution in [1.82, 2.24) is 5.32 Å². The first-order valence-corrected chi connectivity index (χ1v) is 6.40. The summed E-state index contributed by atoms with van der Waals surface area (Å²) in [5.41, 5.74) is 5.69. The van der Waals surface area contributed by atoms with Crippen LogP contribution in [0.3, 0.4) is 0 Å². The monoisotopic (exact) mass is 233 g/mol. The molecule has 0 unspecified atom stereocenters. The molecule has 0 fully saturated rings. The van der Waals surface area contributed by atoms with Crippen LogP contribution in [-0.2, 0) is 0 Å². The Bertz CT molecular complexity index is 388. The average molecular weight is 233 g/mol. The summed E-state index contributed by atoms with van der Waals surface area (Å²) in [6.45, 7) is 17.8. The molecule has 0 aromatic rings. The second kappa shape index (κ2) is 4.36. The van der Waals surface area contributed by atoms with Crippen molar-refractivity contribution in [2.45, 2.75) is 60.9 Å². The lowest BCUT2D eigenvalue weighted by Gasteiger charge is -2.29. The van der Waals surface area contributed by atoms with Crippen molar-refractivity contribution < 1.29 is 0 Å². The molecule has 1 aliphatic carbocycles. The van der Waals surface area contributed by atoms with E-state index in [0.29, 0.717) is 0 Å². The highest BCUT2D eigenvalue weighted by molar-refractivity contribution is 5.54. The minimum Gasteiger partial charge on any atom is -0.380 e. The molecule has 1 rings (SSSR count). The largest absolute Gasteiger partial charge is 0.380 e. The summed E-state index contributed by atoms with van der Waals surface area (Å²) >= 11 is 0. The fourth-order valence-electron chi connectivity index (χ4n) is 1.92. The predicted octanol–water partition coefficient (Wildman–Crippen LogP) is 4.58. The zero-order valence-corrected chi connectivity index (χ0v) is 12.7. The van der Waals surface area contributed by atoms with Crippen molar-refractivity contribution in [2.24, 2.45) is 5.41 Å². The molecular weight excluding hydrogens is 206 g/mol. The summed E-state index contributed by atoms with van der Waals surface area (Å²) in [5, 5.41) is 3.62. The normalized spacial score (nSPS) is 16.8. The molecule has 0 aromatic carbocycles. The molecule has 0 heterocycles. The van der Waals surface area contributed by atoms with Gasteiger partial charge in [0.05, 0.1) is 0 Å². The highest BCUT2D eigenvalue weighted by Gasteiger charge is 2.27. The lowest BCUT2D eigenvalue weighted by atomic mass is 9.85. The van der Waals surface area contributed by atoms with Crippen molar-refractivity contribution in [3.8, 4) is 0 Å². The fourth-order valence-corrected chi connectivity index (χ4v) is 1.92. The van der Waals surface area contributed by atoms with Crippen LogP contribution >= 0.6 is 0 Å². The molecule has 0 aromatic heterocycles. The maximum Gasteiger partial charge on any atom is 0.0388 e. The van der Waals surface area contributed by atoms with E-state index in [-0.39, 0.29) is 11.0 Å². The van der Waals surface area contributed by atoms with Gasteiger partial charge in [-0.15, -0.1) is 0 Å². The van der Waals surface area contributed by atoms with Gasteiger partial charge in [0.25, 0.3) is 0 Å². The smallest absolute Gasteiger partial charge is 0.0388 e. The van der Waals surface area contributed by atoms with E-state index in [1.165, 1.54) is 22.4 Å².